The molecule has 11 heteroatoms. The number of hydrogen-bond acceptors (Lipinski definition) is 9. The number of nitrogens with one attached hydrogen (secondary N) is 1. The molecule has 0 spiro atoms. The van der Waals surface area contributed by atoms with Gasteiger partial charge in [-0.25, -0.2) is 15.4 Å². The Hall–Kier alpha value is -1.98. The van der Waals surface area contributed by atoms with Gasteiger partial charge < -0.3 is 24.7 Å². The van der Waals surface area contributed by atoms with Crippen LogP contribution in [0.2, 0.25) is 0 Å². The average Bonchev–Trinajstić information content (AvgIpc) is 3.09. The highest BCUT2D eigenvalue weighted by atomic mass is 35.5. The Morgan fingerprint density at radius 3 is 2.92 bits per heavy atom. The van der Waals surface area contributed by atoms with E-state index in [9.17, 15) is 10.2 Å². The Morgan fingerprint density at radius 2 is 2.31 bits per heavy atom. The number of nitrogens with zero attached hydrogens (tertiary/aromatic N) is 4. The van der Waals surface area contributed by atoms with Crippen LogP contribution in [0.25, 0.3) is 11.0 Å². The molecule has 3 rings (SSSR count). The number of ether oxygens (including phenoxy) is 1. The number of halogens is 1. The van der Waals surface area contributed by atoms with Crippen LogP contribution in [0.3, 0.4) is 0 Å². The molecule has 0 amide bonds. The monoisotopic (exact) mass is 385 g/mol. The van der Waals surface area contributed by atoms with E-state index >= 15 is 0 Å². The van der Waals surface area contributed by atoms with Crippen molar-refractivity contribution in [2.24, 2.45) is 5.16 Å². The van der Waals surface area contributed by atoms with E-state index < -0.39 is 23.3 Å². The maximum Gasteiger partial charge on any atom is 0.163 e. The maximum absolute atomic E-state index is 10.3. The molecule has 3 heterocycles. The lowest BCUT2D eigenvalue weighted by Crippen LogP contribution is -2.39. The van der Waals surface area contributed by atoms with Gasteiger partial charge in [-0.1, -0.05) is 5.16 Å². The van der Waals surface area contributed by atoms with E-state index in [0.717, 1.165) is 0 Å². The van der Waals surface area contributed by atoms with Gasteiger partial charge in [0, 0.05) is 11.8 Å². The molecule has 142 valence electrons. The van der Waals surface area contributed by atoms with Gasteiger partial charge in [-0.2, -0.15) is 0 Å². The van der Waals surface area contributed by atoms with E-state index in [4.69, 9.17) is 26.4 Å². The fourth-order valence-corrected chi connectivity index (χ4v) is 3.33. The predicted molar refractivity (Wildman–Crippen MR) is 93.4 cm³/mol. The molecular weight excluding hydrogens is 366 g/mol. The van der Waals surface area contributed by atoms with Crippen LogP contribution >= 0.6 is 11.6 Å². The summed E-state index contributed by atoms with van der Waals surface area (Å²) in [6.07, 6.45) is 1.43. The van der Waals surface area contributed by atoms with Crippen molar-refractivity contribution in [3.63, 3.8) is 0 Å². The third kappa shape index (κ3) is 2.99. The third-order valence-electron chi connectivity index (χ3n) is 4.30. The summed E-state index contributed by atoms with van der Waals surface area (Å²) in [7, 11) is 0. The first-order chi connectivity index (χ1) is 12.5. The van der Waals surface area contributed by atoms with Gasteiger partial charge in [-0.15, -0.1) is 11.6 Å². The minimum absolute atomic E-state index is 0.374. The third-order valence-corrected chi connectivity index (χ3v) is 4.71. The Morgan fingerprint density at radius 1 is 1.54 bits per heavy atom. The predicted octanol–water partition coefficient (Wildman–Crippen LogP) is 0.851. The van der Waals surface area contributed by atoms with Crippen LogP contribution in [0.1, 0.15) is 25.6 Å². The molecular formula is C15H20ClN5O5. The topological polar surface area (TPSA) is 134 Å². The number of fused-ring (bicyclic) bond motifs is 1. The smallest absolute Gasteiger partial charge is 0.163 e. The van der Waals surface area contributed by atoms with Gasteiger partial charge in [0.1, 0.15) is 29.1 Å². The standard InChI is InChI=1S/C15H20ClN5O5/c1-3-25-20-12-10-8(4-19-24)5-21(13(10)18-7-17-12)14-15(2,16)11(23)9(6-22)26-14/h4-5,7,9,11,14,22-24H,3,6H2,1-2H3,(H,17,18,20)/b19-4+/t9-,11-,14-,15-/m1/s1. The number of oxime groups is 1. The van der Waals surface area contributed by atoms with Crippen LogP contribution in [-0.4, -0.2) is 66.5 Å². The molecule has 10 nitrogen and oxygen atoms in total. The molecule has 1 aliphatic heterocycles. The Balaban J connectivity index is 2.15. The van der Waals surface area contributed by atoms with Gasteiger partial charge in [-0.05, 0) is 13.8 Å². The van der Waals surface area contributed by atoms with Gasteiger partial charge in [0.25, 0.3) is 0 Å². The summed E-state index contributed by atoms with van der Waals surface area (Å²) >= 11 is 6.53. The summed E-state index contributed by atoms with van der Waals surface area (Å²) in [6, 6.07) is 0. The normalized spacial score (nSPS) is 29.0. The fourth-order valence-electron chi connectivity index (χ4n) is 3.03. The second-order valence-corrected chi connectivity index (χ2v) is 6.81. The first-order valence-electron chi connectivity index (χ1n) is 7.99. The molecule has 26 heavy (non-hydrogen) atoms. The lowest BCUT2D eigenvalue weighted by molar-refractivity contribution is -0.0439. The molecule has 2 aromatic heterocycles. The van der Waals surface area contributed by atoms with E-state index in [1.807, 2.05) is 6.92 Å². The van der Waals surface area contributed by atoms with Crippen LogP contribution in [0.4, 0.5) is 5.82 Å². The molecule has 2 aromatic rings. The maximum atomic E-state index is 10.3. The van der Waals surface area contributed by atoms with Gasteiger partial charge in [0.05, 0.1) is 24.8 Å². The van der Waals surface area contributed by atoms with Crippen molar-refractivity contribution in [1.29, 1.82) is 0 Å². The van der Waals surface area contributed by atoms with Crippen LogP contribution in [0, 0.1) is 0 Å². The molecule has 0 saturated carbocycles. The summed E-state index contributed by atoms with van der Waals surface area (Å²) in [4.78, 5) is 12.4. The van der Waals surface area contributed by atoms with Crippen molar-refractivity contribution in [1.82, 2.24) is 14.5 Å². The van der Waals surface area contributed by atoms with Gasteiger partial charge in [0.15, 0.2) is 12.0 Å². The zero-order chi connectivity index (χ0) is 18.9. The molecule has 0 aromatic carbocycles. The zero-order valence-corrected chi connectivity index (χ0v) is 15.0. The van der Waals surface area contributed by atoms with Crippen molar-refractivity contribution in [3.8, 4) is 0 Å². The molecule has 0 radical (unpaired) electrons. The lowest BCUT2D eigenvalue weighted by Gasteiger charge is -2.26. The fraction of sp³-hybridized carbons (Fsp3) is 0.533. The molecule has 1 fully saturated rings. The average molecular weight is 386 g/mol. The minimum atomic E-state index is -1.22. The van der Waals surface area contributed by atoms with Gasteiger partial charge >= 0.3 is 0 Å². The molecule has 4 atom stereocenters. The molecule has 0 bridgehead atoms. The number of aliphatic hydroxyl groups excluding tert-OH is 2. The van der Waals surface area contributed by atoms with E-state index in [2.05, 4.69) is 20.6 Å². The Labute approximate surface area is 154 Å². The first kappa shape index (κ1) is 18.8. The number of hydrogen-bond donors (Lipinski definition) is 4. The quantitative estimate of drug-likeness (QED) is 0.249. The number of alkyl halides is 1. The lowest BCUT2D eigenvalue weighted by atomic mass is 10.0. The van der Waals surface area contributed by atoms with Crippen molar-refractivity contribution >= 4 is 34.7 Å². The summed E-state index contributed by atoms with van der Waals surface area (Å²) in [6.45, 7) is 3.46. The van der Waals surface area contributed by atoms with E-state index in [-0.39, 0.29) is 6.61 Å². The van der Waals surface area contributed by atoms with Crippen molar-refractivity contribution < 1.29 is 25.0 Å². The molecule has 0 unspecified atom stereocenters. The first-order valence-corrected chi connectivity index (χ1v) is 8.37. The largest absolute Gasteiger partial charge is 0.411 e. The van der Waals surface area contributed by atoms with E-state index in [1.54, 1.807) is 17.7 Å². The molecule has 4 N–H and O–H groups in total. The van der Waals surface area contributed by atoms with Crippen molar-refractivity contribution in [3.05, 3.63) is 18.1 Å². The van der Waals surface area contributed by atoms with Crippen molar-refractivity contribution in [2.75, 3.05) is 18.7 Å². The summed E-state index contributed by atoms with van der Waals surface area (Å²) in [5, 5.41) is 32.3. The zero-order valence-electron chi connectivity index (χ0n) is 14.2. The van der Waals surface area contributed by atoms with Crippen LogP contribution in [0.15, 0.2) is 17.7 Å². The Bertz CT molecular complexity index is 811. The second kappa shape index (κ2) is 7.33. The highest BCUT2D eigenvalue weighted by Crippen LogP contribution is 2.45. The molecule has 1 saturated heterocycles. The van der Waals surface area contributed by atoms with Crippen LogP contribution in [0.5, 0.6) is 0 Å². The summed E-state index contributed by atoms with van der Waals surface area (Å²) in [5.41, 5.74) is 3.64. The summed E-state index contributed by atoms with van der Waals surface area (Å²) < 4.78 is 7.36. The van der Waals surface area contributed by atoms with E-state index in [0.29, 0.717) is 29.0 Å². The van der Waals surface area contributed by atoms with Crippen molar-refractivity contribution in [2.45, 2.75) is 37.2 Å². The summed E-state index contributed by atoms with van der Waals surface area (Å²) in [5.74, 6) is 0.374. The Kier molecular flexibility index (Phi) is 5.30. The van der Waals surface area contributed by atoms with Gasteiger partial charge in [0.2, 0.25) is 0 Å². The van der Waals surface area contributed by atoms with Crippen LogP contribution in [-0.2, 0) is 9.57 Å². The highest BCUT2D eigenvalue weighted by Gasteiger charge is 2.53. The SMILES string of the molecule is CCONc1ncnc2c1c(/C=N/O)cn2[C@@H]1O[C@H](CO)[C@@H](O)[C@@]1(C)Cl. The number of rotatable bonds is 6. The minimum Gasteiger partial charge on any atom is -0.411 e. The van der Waals surface area contributed by atoms with Crippen LogP contribution < -0.4 is 5.48 Å². The molecule has 0 aliphatic carbocycles. The van der Waals surface area contributed by atoms with Gasteiger partial charge in [-0.3, -0.25) is 4.84 Å². The number of anilines is 1. The van der Waals surface area contributed by atoms with E-state index in [1.165, 1.54) is 12.5 Å². The highest BCUT2D eigenvalue weighted by molar-refractivity contribution is 6.24. The number of aromatic nitrogens is 3. The molecule has 1 aliphatic rings. The second-order valence-electron chi connectivity index (χ2n) is 6.00. The number of aliphatic hydroxyl groups is 2.